The normalized spacial score (nSPS) is 11.9. The molecule has 0 spiro atoms. The summed E-state index contributed by atoms with van der Waals surface area (Å²) in [5, 5.41) is 3.44. The number of hydrogen-bond donors (Lipinski definition) is 0. The van der Waals surface area contributed by atoms with Crippen molar-refractivity contribution in [2.75, 3.05) is 0 Å². The van der Waals surface area contributed by atoms with Crippen molar-refractivity contribution in [1.29, 1.82) is 0 Å². The summed E-state index contributed by atoms with van der Waals surface area (Å²) in [5.74, 6) is -1.33. The Kier molecular flexibility index (Phi) is 2.44. The van der Waals surface area contributed by atoms with Crippen molar-refractivity contribution in [3.8, 4) is 11.4 Å². The van der Waals surface area contributed by atoms with Crippen LogP contribution < -0.4 is 0 Å². The van der Waals surface area contributed by atoms with Gasteiger partial charge in [-0.15, -0.1) is 5.10 Å². The number of fused-ring (bicyclic) bond motifs is 1. The predicted octanol–water partition coefficient (Wildman–Crippen LogP) is 2.21. The third-order valence-corrected chi connectivity index (χ3v) is 2.42. The van der Waals surface area contributed by atoms with E-state index in [-0.39, 0.29) is 5.78 Å². The molecule has 0 aliphatic rings. The van der Waals surface area contributed by atoms with Crippen molar-refractivity contribution >= 4 is 5.78 Å². The quantitative estimate of drug-likeness (QED) is 0.677. The molecule has 0 bridgehead atoms. The minimum Gasteiger partial charge on any atom is -0.255 e. The van der Waals surface area contributed by atoms with Crippen LogP contribution in [0.4, 0.5) is 13.2 Å². The third kappa shape index (κ3) is 2.01. The predicted molar refractivity (Wildman–Crippen MR) is 59.0 cm³/mol. The molecule has 5 nitrogen and oxygen atoms in total. The average molecular weight is 265 g/mol. The van der Waals surface area contributed by atoms with Gasteiger partial charge in [0.2, 0.25) is 0 Å². The molecule has 0 fully saturated rings. The molecular formula is C11H6F3N5. The molecule has 0 saturated heterocycles. The molecule has 0 aliphatic heterocycles. The van der Waals surface area contributed by atoms with Crippen molar-refractivity contribution in [2.45, 2.75) is 6.18 Å². The highest BCUT2D eigenvalue weighted by Gasteiger charge is 2.36. The van der Waals surface area contributed by atoms with Gasteiger partial charge in [0.1, 0.15) is 0 Å². The standard InChI is InChI=1S/C11H6F3N5/c12-11(13,14)9-17-10-16-6-4-8(19(10)18-9)7-3-1-2-5-15-7/h1-6H. The Hall–Kier alpha value is -2.51. The Balaban J connectivity index is 2.24. The number of rotatable bonds is 1. The second-order valence-corrected chi connectivity index (χ2v) is 3.69. The van der Waals surface area contributed by atoms with Gasteiger partial charge in [0.05, 0.1) is 11.4 Å². The summed E-state index contributed by atoms with van der Waals surface area (Å²) in [6.45, 7) is 0. The molecule has 0 radical (unpaired) electrons. The fourth-order valence-electron chi connectivity index (χ4n) is 1.62. The van der Waals surface area contributed by atoms with Crippen LogP contribution in [-0.4, -0.2) is 24.6 Å². The van der Waals surface area contributed by atoms with Crippen LogP contribution in [0.25, 0.3) is 17.2 Å². The summed E-state index contributed by atoms with van der Waals surface area (Å²) >= 11 is 0. The molecule has 0 N–H and O–H groups in total. The molecule has 3 rings (SSSR count). The van der Waals surface area contributed by atoms with E-state index in [0.29, 0.717) is 11.4 Å². The fraction of sp³-hybridized carbons (Fsp3) is 0.0909. The highest BCUT2D eigenvalue weighted by atomic mass is 19.4. The van der Waals surface area contributed by atoms with Crippen LogP contribution in [-0.2, 0) is 6.18 Å². The summed E-state index contributed by atoms with van der Waals surface area (Å²) in [7, 11) is 0. The van der Waals surface area contributed by atoms with E-state index in [4.69, 9.17) is 0 Å². The molecule has 0 atom stereocenters. The van der Waals surface area contributed by atoms with E-state index in [0.717, 1.165) is 4.52 Å². The molecule has 19 heavy (non-hydrogen) atoms. The first-order valence-electron chi connectivity index (χ1n) is 5.26. The largest absolute Gasteiger partial charge is 0.453 e. The summed E-state index contributed by atoms with van der Waals surface area (Å²) in [5.41, 5.74) is 0.891. The van der Waals surface area contributed by atoms with Crippen LogP contribution in [0.5, 0.6) is 0 Å². The zero-order valence-corrected chi connectivity index (χ0v) is 9.33. The molecule has 3 heterocycles. The van der Waals surface area contributed by atoms with Crippen molar-refractivity contribution in [3.05, 3.63) is 42.5 Å². The molecule has 0 amide bonds. The zero-order chi connectivity index (χ0) is 13.5. The first kappa shape index (κ1) is 11.6. The van der Waals surface area contributed by atoms with Gasteiger partial charge < -0.3 is 0 Å². The van der Waals surface area contributed by atoms with E-state index in [9.17, 15) is 13.2 Å². The number of nitrogens with zero attached hydrogens (tertiary/aromatic N) is 5. The molecule has 0 saturated carbocycles. The SMILES string of the molecule is FC(F)(F)c1nc2nccc(-c3ccccn3)n2n1. The first-order chi connectivity index (χ1) is 9.05. The van der Waals surface area contributed by atoms with Gasteiger partial charge in [-0.25, -0.2) is 4.98 Å². The van der Waals surface area contributed by atoms with Gasteiger partial charge in [-0.05, 0) is 18.2 Å². The van der Waals surface area contributed by atoms with Crippen LogP contribution in [0.15, 0.2) is 36.7 Å². The van der Waals surface area contributed by atoms with Crippen LogP contribution in [0.2, 0.25) is 0 Å². The summed E-state index contributed by atoms with van der Waals surface area (Å²) in [6, 6.07) is 6.65. The van der Waals surface area contributed by atoms with Gasteiger partial charge in [-0.3, -0.25) is 4.98 Å². The van der Waals surface area contributed by atoms with Gasteiger partial charge in [0, 0.05) is 12.4 Å². The van der Waals surface area contributed by atoms with Crippen molar-refractivity contribution in [2.24, 2.45) is 0 Å². The van der Waals surface area contributed by atoms with E-state index in [1.807, 2.05) is 0 Å². The number of aromatic nitrogens is 5. The molecule has 0 unspecified atom stereocenters. The molecule has 8 heteroatoms. The Bertz CT molecular complexity index is 720. The lowest BCUT2D eigenvalue weighted by Gasteiger charge is -2.01. The Morgan fingerprint density at radius 1 is 1.00 bits per heavy atom. The number of alkyl halides is 3. The van der Waals surface area contributed by atoms with Gasteiger partial charge in [0.15, 0.2) is 0 Å². The molecular weight excluding hydrogens is 259 g/mol. The number of pyridine rings is 1. The van der Waals surface area contributed by atoms with E-state index in [1.54, 1.807) is 24.4 Å². The van der Waals surface area contributed by atoms with Crippen molar-refractivity contribution in [1.82, 2.24) is 24.6 Å². The first-order valence-corrected chi connectivity index (χ1v) is 5.26. The minimum absolute atomic E-state index is 0.115. The van der Waals surface area contributed by atoms with E-state index >= 15 is 0 Å². The van der Waals surface area contributed by atoms with Crippen LogP contribution in [0.1, 0.15) is 5.82 Å². The smallest absolute Gasteiger partial charge is 0.255 e. The summed E-state index contributed by atoms with van der Waals surface area (Å²) in [6.07, 6.45) is -1.69. The maximum atomic E-state index is 12.6. The van der Waals surface area contributed by atoms with Gasteiger partial charge >= 0.3 is 6.18 Å². The lowest BCUT2D eigenvalue weighted by Crippen LogP contribution is -2.08. The van der Waals surface area contributed by atoms with Crippen LogP contribution in [0.3, 0.4) is 0 Å². The minimum atomic E-state index is -4.60. The van der Waals surface area contributed by atoms with Gasteiger partial charge in [-0.2, -0.15) is 22.7 Å². The van der Waals surface area contributed by atoms with E-state index in [2.05, 4.69) is 20.1 Å². The van der Waals surface area contributed by atoms with Crippen molar-refractivity contribution in [3.63, 3.8) is 0 Å². The Morgan fingerprint density at radius 2 is 1.84 bits per heavy atom. The van der Waals surface area contributed by atoms with Crippen LogP contribution >= 0.6 is 0 Å². The Morgan fingerprint density at radius 3 is 2.53 bits per heavy atom. The maximum absolute atomic E-state index is 12.6. The highest BCUT2D eigenvalue weighted by molar-refractivity contribution is 5.56. The summed E-state index contributed by atoms with van der Waals surface area (Å²) < 4.78 is 38.8. The second-order valence-electron chi connectivity index (χ2n) is 3.69. The lowest BCUT2D eigenvalue weighted by molar-refractivity contribution is -0.144. The second kappa shape index (κ2) is 4.01. The molecule has 3 aromatic rings. The Labute approximate surface area is 104 Å². The topological polar surface area (TPSA) is 56.0 Å². The van der Waals surface area contributed by atoms with Gasteiger partial charge in [0.25, 0.3) is 11.6 Å². The summed E-state index contributed by atoms with van der Waals surface area (Å²) in [4.78, 5) is 11.2. The molecule has 96 valence electrons. The monoisotopic (exact) mass is 265 g/mol. The molecule has 3 aromatic heterocycles. The number of hydrogen-bond acceptors (Lipinski definition) is 4. The number of halogens is 3. The van der Waals surface area contributed by atoms with E-state index < -0.39 is 12.0 Å². The third-order valence-electron chi connectivity index (χ3n) is 2.42. The maximum Gasteiger partial charge on any atom is 0.453 e. The zero-order valence-electron chi connectivity index (χ0n) is 9.33. The highest BCUT2D eigenvalue weighted by Crippen LogP contribution is 2.27. The lowest BCUT2D eigenvalue weighted by atomic mass is 10.2. The van der Waals surface area contributed by atoms with Crippen LogP contribution in [0, 0.1) is 0 Å². The van der Waals surface area contributed by atoms with E-state index in [1.165, 1.54) is 12.3 Å². The average Bonchev–Trinajstić information content (AvgIpc) is 2.83. The van der Waals surface area contributed by atoms with Gasteiger partial charge in [-0.1, -0.05) is 6.07 Å². The molecule has 0 aliphatic carbocycles. The van der Waals surface area contributed by atoms with Crippen molar-refractivity contribution < 1.29 is 13.2 Å². The fourth-order valence-corrected chi connectivity index (χ4v) is 1.62. The molecule has 0 aromatic carbocycles.